The van der Waals surface area contributed by atoms with Crippen molar-refractivity contribution < 1.29 is 13.2 Å². The predicted octanol–water partition coefficient (Wildman–Crippen LogP) is 2.81. The highest BCUT2D eigenvalue weighted by atomic mass is 32.2. The van der Waals surface area contributed by atoms with Crippen LogP contribution in [0.3, 0.4) is 0 Å². The minimum absolute atomic E-state index is 0.0326. The number of amides is 1. The number of sulfone groups is 1. The third-order valence-corrected chi connectivity index (χ3v) is 8.16. The highest BCUT2D eigenvalue weighted by Gasteiger charge is 2.42. The van der Waals surface area contributed by atoms with Gasteiger partial charge in [0.2, 0.25) is 5.91 Å². The quantitative estimate of drug-likeness (QED) is 0.761. The summed E-state index contributed by atoms with van der Waals surface area (Å²) in [4.78, 5) is 16.8. The molecule has 0 saturated carbocycles. The van der Waals surface area contributed by atoms with Crippen molar-refractivity contribution in [3.63, 3.8) is 0 Å². The van der Waals surface area contributed by atoms with Crippen molar-refractivity contribution in [1.29, 1.82) is 0 Å². The first-order valence-electron chi connectivity index (χ1n) is 9.58. The number of nitrogens with zero attached hydrogens (tertiary/aromatic N) is 1. The first kappa shape index (κ1) is 19.4. The average Bonchev–Trinajstić information content (AvgIpc) is 3.40. The van der Waals surface area contributed by atoms with Gasteiger partial charge in [-0.25, -0.2) is 8.42 Å². The Kier molecular flexibility index (Phi) is 5.66. The summed E-state index contributed by atoms with van der Waals surface area (Å²) in [6.07, 6.45) is 5.49. The van der Waals surface area contributed by atoms with Crippen molar-refractivity contribution in [2.24, 2.45) is 0 Å². The zero-order valence-electron chi connectivity index (χ0n) is 15.6. The summed E-state index contributed by atoms with van der Waals surface area (Å²) in [5, 5.41) is 2.93. The molecular formula is C21H24N2O3S2. The fourth-order valence-electron chi connectivity index (χ4n) is 3.99. The maximum Gasteiger partial charge on any atom is 0.244 e. The van der Waals surface area contributed by atoms with E-state index < -0.39 is 9.84 Å². The summed E-state index contributed by atoms with van der Waals surface area (Å²) >= 11 is 1.62. The van der Waals surface area contributed by atoms with E-state index >= 15 is 0 Å². The molecule has 0 bridgehead atoms. The number of hydrogen-bond donors (Lipinski definition) is 1. The van der Waals surface area contributed by atoms with Gasteiger partial charge in [-0.15, -0.1) is 11.3 Å². The standard InChI is InChI=1S/C21H24N2O3S2/c24-21(11-9-17-8-10-20(27-17)16-6-2-1-3-7-16)22-18-14-28(25,26)15-19(18)23-12-4-5-13-23/h1-3,6-11,18-19H,4-5,12-15H2,(H,22,24)/b11-9+. The number of carbonyl (C=O) groups excluding carboxylic acids is 1. The molecule has 2 fully saturated rings. The molecule has 148 valence electrons. The third-order valence-electron chi connectivity index (χ3n) is 5.34. The molecule has 1 aromatic heterocycles. The Hall–Kier alpha value is -1.96. The second-order valence-corrected chi connectivity index (χ2v) is 10.7. The molecule has 2 aliphatic rings. The van der Waals surface area contributed by atoms with E-state index in [-0.39, 0.29) is 29.5 Å². The van der Waals surface area contributed by atoms with E-state index in [0.29, 0.717) is 0 Å². The molecule has 0 aliphatic carbocycles. The van der Waals surface area contributed by atoms with E-state index in [2.05, 4.69) is 22.3 Å². The normalized spacial score (nSPS) is 24.7. The van der Waals surface area contributed by atoms with Crippen molar-refractivity contribution in [1.82, 2.24) is 10.2 Å². The van der Waals surface area contributed by atoms with Crippen LogP contribution in [0.4, 0.5) is 0 Å². The van der Waals surface area contributed by atoms with E-state index in [1.165, 1.54) is 6.08 Å². The van der Waals surface area contributed by atoms with Crippen LogP contribution in [0.5, 0.6) is 0 Å². The average molecular weight is 417 g/mol. The maximum atomic E-state index is 12.4. The van der Waals surface area contributed by atoms with E-state index in [9.17, 15) is 13.2 Å². The Labute approximate surface area is 170 Å². The minimum Gasteiger partial charge on any atom is -0.347 e. The van der Waals surface area contributed by atoms with Crippen LogP contribution in [-0.2, 0) is 14.6 Å². The SMILES string of the molecule is O=C(/C=C/c1ccc(-c2ccccc2)s1)NC1CS(=O)(=O)CC1N1CCCC1. The van der Waals surface area contributed by atoms with Crippen molar-refractivity contribution in [2.75, 3.05) is 24.6 Å². The van der Waals surface area contributed by atoms with Gasteiger partial charge in [0.15, 0.2) is 9.84 Å². The number of benzene rings is 1. The van der Waals surface area contributed by atoms with Gasteiger partial charge >= 0.3 is 0 Å². The Balaban J connectivity index is 1.40. The number of hydrogen-bond acceptors (Lipinski definition) is 5. The van der Waals surface area contributed by atoms with Crippen LogP contribution in [0.25, 0.3) is 16.5 Å². The largest absolute Gasteiger partial charge is 0.347 e. The fraction of sp³-hybridized carbons (Fsp3) is 0.381. The fourth-order valence-corrected chi connectivity index (χ4v) is 6.86. The lowest BCUT2D eigenvalue weighted by Crippen LogP contribution is -2.49. The Morgan fingerprint density at radius 1 is 1.07 bits per heavy atom. The Morgan fingerprint density at radius 3 is 2.57 bits per heavy atom. The second kappa shape index (κ2) is 8.19. The van der Waals surface area contributed by atoms with Crippen LogP contribution < -0.4 is 5.32 Å². The lowest BCUT2D eigenvalue weighted by atomic mass is 10.1. The van der Waals surface area contributed by atoms with Crippen LogP contribution in [0.15, 0.2) is 48.5 Å². The summed E-state index contributed by atoms with van der Waals surface area (Å²) in [7, 11) is -3.10. The molecule has 2 saturated heterocycles. The van der Waals surface area contributed by atoms with Gasteiger partial charge in [-0.2, -0.15) is 0 Å². The van der Waals surface area contributed by atoms with Gasteiger partial charge in [-0.3, -0.25) is 9.69 Å². The van der Waals surface area contributed by atoms with Crippen molar-refractivity contribution in [3.8, 4) is 10.4 Å². The van der Waals surface area contributed by atoms with Gasteiger partial charge < -0.3 is 5.32 Å². The number of carbonyl (C=O) groups is 1. The lowest BCUT2D eigenvalue weighted by Gasteiger charge is -2.28. The van der Waals surface area contributed by atoms with Crippen molar-refractivity contribution >= 4 is 33.2 Å². The van der Waals surface area contributed by atoms with Gasteiger partial charge in [0.25, 0.3) is 0 Å². The van der Waals surface area contributed by atoms with E-state index in [0.717, 1.165) is 41.2 Å². The van der Waals surface area contributed by atoms with Gasteiger partial charge in [-0.05, 0) is 49.7 Å². The van der Waals surface area contributed by atoms with Gasteiger partial charge in [0.05, 0.1) is 17.5 Å². The lowest BCUT2D eigenvalue weighted by molar-refractivity contribution is -0.117. The number of rotatable bonds is 5. The summed E-state index contributed by atoms with van der Waals surface area (Å²) in [6.45, 7) is 1.83. The van der Waals surface area contributed by atoms with Gasteiger partial charge in [-0.1, -0.05) is 30.3 Å². The second-order valence-electron chi connectivity index (χ2n) is 7.40. The highest BCUT2D eigenvalue weighted by molar-refractivity contribution is 7.91. The van der Waals surface area contributed by atoms with E-state index in [4.69, 9.17) is 0 Å². The zero-order valence-corrected chi connectivity index (χ0v) is 17.2. The molecule has 4 rings (SSSR count). The van der Waals surface area contributed by atoms with Crippen LogP contribution in [-0.4, -0.2) is 55.9 Å². The van der Waals surface area contributed by atoms with Crippen LogP contribution in [0.2, 0.25) is 0 Å². The van der Waals surface area contributed by atoms with Crippen LogP contribution >= 0.6 is 11.3 Å². The summed E-state index contributed by atoms with van der Waals surface area (Å²) < 4.78 is 24.2. The first-order valence-corrected chi connectivity index (χ1v) is 12.2. The molecule has 0 spiro atoms. The van der Waals surface area contributed by atoms with Crippen LogP contribution in [0, 0.1) is 0 Å². The summed E-state index contributed by atoms with van der Waals surface area (Å²) in [5.41, 5.74) is 1.15. The molecule has 2 unspecified atom stereocenters. The Morgan fingerprint density at radius 2 is 1.82 bits per heavy atom. The highest BCUT2D eigenvalue weighted by Crippen LogP contribution is 2.28. The molecule has 28 heavy (non-hydrogen) atoms. The van der Waals surface area contributed by atoms with Crippen molar-refractivity contribution in [2.45, 2.75) is 24.9 Å². The monoisotopic (exact) mass is 416 g/mol. The topological polar surface area (TPSA) is 66.5 Å². The minimum atomic E-state index is -3.10. The smallest absolute Gasteiger partial charge is 0.244 e. The summed E-state index contributed by atoms with van der Waals surface area (Å²) in [5.74, 6) is -0.0567. The molecule has 7 heteroatoms. The molecule has 2 aromatic rings. The molecule has 5 nitrogen and oxygen atoms in total. The molecule has 2 aliphatic heterocycles. The number of thiophene rings is 1. The molecule has 2 atom stereocenters. The van der Waals surface area contributed by atoms with Crippen LogP contribution in [0.1, 0.15) is 17.7 Å². The van der Waals surface area contributed by atoms with Crippen molar-refractivity contribution in [3.05, 3.63) is 53.4 Å². The molecule has 1 amide bonds. The number of nitrogens with one attached hydrogen (secondary N) is 1. The predicted molar refractivity (Wildman–Crippen MR) is 114 cm³/mol. The molecule has 3 heterocycles. The van der Waals surface area contributed by atoms with Gasteiger partial charge in [0.1, 0.15) is 0 Å². The zero-order chi connectivity index (χ0) is 19.6. The summed E-state index contributed by atoms with van der Waals surface area (Å²) in [6, 6.07) is 13.7. The maximum absolute atomic E-state index is 12.4. The molecule has 0 radical (unpaired) electrons. The van der Waals surface area contributed by atoms with E-state index in [1.807, 2.05) is 30.3 Å². The molecule has 1 N–H and O–H groups in total. The van der Waals surface area contributed by atoms with Gasteiger partial charge in [0, 0.05) is 21.9 Å². The first-order chi connectivity index (χ1) is 13.5. The molecule has 1 aromatic carbocycles. The molecular weight excluding hydrogens is 392 g/mol. The third kappa shape index (κ3) is 4.54. The van der Waals surface area contributed by atoms with E-state index in [1.54, 1.807) is 17.4 Å². The Bertz CT molecular complexity index is 961. The number of likely N-dealkylation sites (tertiary alicyclic amines) is 1.